The Kier molecular flexibility index (Phi) is 6.46. The summed E-state index contributed by atoms with van der Waals surface area (Å²) in [5, 5.41) is 5.85. The van der Waals surface area contributed by atoms with Gasteiger partial charge in [-0.05, 0) is 42.5 Å². The summed E-state index contributed by atoms with van der Waals surface area (Å²) in [5.74, 6) is 2.69. The van der Waals surface area contributed by atoms with Gasteiger partial charge in [0.25, 0.3) is 5.91 Å². The largest absolute Gasteiger partial charge is 0.370 e. The minimum atomic E-state index is -0.194. The maximum absolute atomic E-state index is 11.8. The van der Waals surface area contributed by atoms with E-state index in [2.05, 4.69) is 49.8 Å². The zero-order chi connectivity index (χ0) is 20.8. The highest BCUT2D eigenvalue weighted by Gasteiger charge is 2.11. The van der Waals surface area contributed by atoms with Crippen molar-refractivity contribution in [3.63, 3.8) is 0 Å². The molecule has 4 N–H and O–H groups in total. The predicted octanol–water partition coefficient (Wildman–Crippen LogP) is 3.09. The molecule has 1 aromatic heterocycles. The molecular weight excluding hydrogens is 396 g/mol. The summed E-state index contributed by atoms with van der Waals surface area (Å²) in [6, 6.07) is 17.5. The Morgan fingerprint density at radius 2 is 1.77 bits per heavy atom. The lowest BCUT2D eigenvalue weighted by Crippen LogP contribution is -2.32. The molecule has 2 aromatic carbocycles. The maximum atomic E-state index is 11.8. The van der Waals surface area contributed by atoms with Crippen LogP contribution in [0.3, 0.4) is 0 Å². The molecule has 3 aromatic rings. The fraction of sp³-hybridized carbons (Fsp3) is 0.227. The topological polar surface area (TPSA) is 96.2 Å². The second-order valence-electron chi connectivity index (χ2n) is 6.82. The van der Waals surface area contributed by atoms with Crippen LogP contribution in [0.5, 0.6) is 0 Å². The molecule has 154 valence electrons. The number of hydrogen-bond acceptors (Lipinski definition) is 7. The van der Waals surface area contributed by atoms with Gasteiger partial charge in [0.05, 0.1) is 12.4 Å². The number of amides is 1. The van der Waals surface area contributed by atoms with Gasteiger partial charge in [-0.25, -0.2) is 9.97 Å². The average molecular weight is 421 g/mol. The van der Waals surface area contributed by atoms with Gasteiger partial charge < -0.3 is 21.3 Å². The Hall–Kier alpha value is -3.10. The fourth-order valence-electron chi connectivity index (χ4n) is 3.27. The predicted molar refractivity (Wildman–Crippen MR) is 123 cm³/mol. The molecule has 7 nitrogen and oxygen atoms in total. The molecule has 1 saturated heterocycles. The maximum Gasteiger partial charge on any atom is 0.252 e. The highest BCUT2D eigenvalue weighted by Crippen LogP contribution is 2.24. The van der Waals surface area contributed by atoms with Crippen LogP contribution < -0.4 is 21.3 Å². The average Bonchev–Trinajstić information content (AvgIpc) is 2.81. The van der Waals surface area contributed by atoms with Crippen LogP contribution in [0.2, 0.25) is 0 Å². The first kappa shape index (κ1) is 20.2. The molecule has 0 unspecified atom stereocenters. The van der Waals surface area contributed by atoms with Crippen molar-refractivity contribution in [3.8, 4) is 11.3 Å². The van der Waals surface area contributed by atoms with E-state index in [1.807, 2.05) is 30.0 Å². The van der Waals surface area contributed by atoms with Gasteiger partial charge in [-0.2, -0.15) is 11.8 Å². The molecule has 1 fully saturated rings. The number of nitrogens with one attached hydrogen (secondary N) is 2. The first-order chi connectivity index (χ1) is 14.7. The lowest BCUT2D eigenvalue weighted by Gasteiger charge is -2.28. The van der Waals surface area contributed by atoms with Crippen LogP contribution in [0.15, 0.2) is 60.8 Å². The molecule has 0 saturated carbocycles. The van der Waals surface area contributed by atoms with Gasteiger partial charge in [0, 0.05) is 53.3 Å². The lowest BCUT2D eigenvalue weighted by molar-refractivity contribution is 0.0955. The van der Waals surface area contributed by atoms with Crippen LogP contribution in [0, 0.1) is 0 Å². The van der Waals surface area contributed by atoms with Gasteiger partial charge in [0.2, 0.25) is 5.95 Å². The molecular formula is C22H24N6OS. The number of thioether (sulfide) groups is 1. The number of nitrogens with two attached hydrogens (primary N) is 1. The van der Waals surface area contributed by atoms with Crippen molar-refractivity contribution >= 4 is 35.0 Å². The molecule has 0 aliphatic carbocycles. The third-order valence-corrected chi connectivity index (χ3v) is 5.80. The van der Waals surface area contributed by atoms with Crippen molar-refractivity contribution in [2.75, 3.05) is 41.5 Å². The Morgan fingerprint density at radius 1 is 1.03 bits per heavy atom. The minimum absolute atomic E-state index is 0.111. The zero-order valence-electron chi connectivity index (χ0n) is 16.5. The van der Waals surface area contributed by atoms with Gasteiger partial charge in [-0.1, -0.05) is 12.1 Å². The van der Waals surface area contributed by atoms with E-state index in [4.69, 9.17) is 5.73 Å². The zero-order valence-corrected chi connectivity index (χ0v) is 17.4. The van der Waals surface area contributed by atoms with Crippen LogP contribution in [-0.4, -0.2) is 47.1 Å². The smallest absolute Gasteiger partial charge is 0.252 e. The van der Waals surface area contributed by atoms with Crippen molar-refractivity contribution < 1.29 is 4.79 Å². The van der Waals surface area contributed by atoms with Gasteiger partial charge in [-0.15, -0.1) is 0 Å². The Bertz CT molecular complexity index is 987. The van der Waals surface area contributed by atoms with E-state index in [0.717, 1.165) is 30.0 Å². The molecule has 0 radical (unpaired) electrons. The number of rotatable bonds is 6. The number of aromatic nitrogens is 2. The second-order valence-corrected chi connectivity index (χ2v) is 8.05. The summed E-state index contributed by atoms with van der Waals surface area (Å²) in [6.45, 7) is 2.30. The van der Waals surface area contributed by atoms with Gasteiger partial charge in [-0.3, -0.25) is 4.79 Å². The summed E-state index contributed by atoms with van der Waals surface area (Å²) in [6.07, 6.45) is 1.72. The molecule has 0 spiro atoms. The molecule has 0 atom stereocenters. The lowest BCUT2D eigenvalue weighted by atomic mass is 10.1. The second kappa shape index (κ2) is 9.60. The van der Waals surface area contributed by atoms with Crippen LogP contribution in [0.4, 0.5) is 17.3 Å². The van der Waals surface area contributed by atoms with Crippen molar-refractivity contribution in [2.24, 2.45) is 5.73 Å². The summed E-state index contributed by atoms with van der Waals surface area (Å²) in [5.41, 5.74) is 9.78. The highest BCUT2D eigenvalue weighted by atomic mass is 32.2. The number of benzene rings is 2. The number of carbonyl (C=O) groups excluding carboxylic acids is 1. The molecule has 1 aliphatic rings. The molecule has 4 rings (SSSR count). The van der Waals surface area contributed by atoms with Crippen LogP contribution in [0.25, 0.3) is 11.3 Å². The Labute approximate surface area is 180 Å². The molecule has 2 heterocycles. The SMILES string of the molecule is NCNC(=O)c1ccc(-c2ccnc(Nc3ccc(N4CCSCC4)cc3)n2)cc1. The van der Waals surface area contributed by atoms with Crippen molar-refractivity contribution in [1.82, 2.24) is 15.3 Å². The minimum Gasteiger partial charge on any atom is -0.370 e. The number of anilines is 3. The standard InChI is InChI=1S/C22H24N6OS/c23-15-25-21(29)17-3-1-16(2-4-17)20-9-10-24-22(27-20)26-18-5-7-19(8-6-18)28-11-13-30-14-12-28/h1-10H,11-15,23H2,(H,25,29)(H,24,26,27). The van der Waals surface area contributed by atoms with E-state index >= 15 is 0 Å². The van der Waals surface area contributed by atoms with Crippen molar-refractivity contribution in [3.05, 3.63) is 66.4 Å². The summed E-state index contributed by atoms with van der Waals surface area (Å²) in [4.78, 5) is 23.2. The number of carbonyl (C=O) groups is 1. The van der Waals surface area contributed by atoms with Crippen LogP contribution in [0.1, 0.15) is 10.4 Å². The molecule has 30 heavy (non-hydrogen) atoms. The van der Waals surface area contributed by atoms with E-state index in [1.165, 1.54) is 17.2 Å². The molecule has 1 amide bonds. The van der Waals surface area contributed by atoms with Gasteiger partial charge in [0.15, 0.2) is 0 Å². The fourth-order valence-corrected chi connectivity index (χ4v) is 4.18. The van der Waals surface area contributed by atoms with Crippen LogP contribution >= 0.6 is 11.8 Å². The van der Waals surface area contributed by atoms with E-state index in [0.29, 0.717) is 11.5 Å². The number of hydrogen-bond donors (Lipinski definition) is 3. The number of nitrogens with zero attached hydrogens (tertiary/aromatic N) is 3. The summed E-state index contributed by atoms with van der Waals surface area (Å²) >= 11 is 2.01. The third-order valence-electron chi connectivity index (χ3n) is 4.86. The van der Waals surface area contributed by atoms with E-state index < -0.39 is 0 Å². The Morgan fingerprint density at radius 3 is 2.47 bits per heavy atom. The summed E-state index contributed by atoms with van der Waals surface area (Å²) < 4.78 is 0. The highest BCUT2D eigenvalue weighted by molar-refractivity contribution is 7.99. The normalized spacial score (nSPS) is 13.7. The van der Waals surface area contributed by atoms with Crippen LogP contribution in [-0.2, 0) is 0 Å². The quantitative estimate of drug-likeness (QED) is 0.527. The van der Waals surface area contributed by atoms with Gasteiger partial charge >= 0.3 is 0 Å². The van der Waals surface area contributed by atoms with E-state index in [9.17, 15) is 4.79 Å². The first-order valence-corrected chi connectivity index (χ1v) is 11.0. The van der Waals surface area contributed by atoms with Crippen molar-refractivity contribution in [1.29, 1.82) is 0 Å². The molecule has 8 heteroatoms. The van der Waals surface area contributed by atoms with Crippen molar-refractivity contribution in [2.45, 2.75) is 0 Å². The molecule has 1 aliphatic heterocycles. The molecule has 0 bridgehead atoms. The van der Waals surface area contributed by atoms with Gasteiger partial charge in [0.1, 0.15) is 0 Å². The van der Waals surface area contributed by atoms with E-state index in [1.54, 1.807) is 18.3 Å². The first-order valence-electron chi connectivity index (χ1n) is 9.84. The third kappa shape index (κ3) is 4.90. The summed E-state index contributed by atoms with van der Waals surface area (Å²) in [7, 11) is 0. The Balaban J connectivity index is 1.45. The monoisotopic (exact) mass is 420 g/mol. The van der Waals surface area contributed by atoms with E-state index in [-0.39, 0.29) is 12.6 Å².